The summed E-state index contributed by atoms with van der Waals surface area (Å²) >= 11 is 0. The Bertz CT molecular complexity index is 548. The molecule has 1 saturated carbocycles. The summed E-state index contributed by atoms with van der Waals surface area (Å²) in [5.74, 6) is -0.0633. The van der Waals surface area contributed by atoms with Gasteiger partial charge >= 0.3 is 0 Å². The molecular formula is C16H20FNO3. The van der Waals surface area contributed by atoms with Crippen LogP contribution in [0.4, 0.5) is 4.39 Å². The third-order valence-corrected chi connectivity index (χ3v) is 3.41. The Morgan fingerprint density at radius 2 is 2.19 bits per heavy atom. The molecule has 4 nitrogen and oxygen atoms in total. The van der Waals surface area contributed by atoms with Crippen LogP contribution in [0.5, 0.6) is 0 Å². The predicted molar refractivity (Wildman–Crippen MR) is 77.0 cm³/mol. The van der Waals surface area contributed by atoms with Crippen molar-refractivity contribution in [2.24, 2.45) is 0 Å². The molecule has 1 aromatic rings. The number of nitrogens with one attached hydrogen (secondary N) is 1. The number of hydrogen-bond donors (Lipinski definition) is 2. The molecule has 0 spiro atoms. The maximum absolute atomic E-state index is 13.3. The van der Waals surface area contributed by atoms with E-state index >= 15 is 0 Å². The summed E-state index contributed by atoms with van der Waals surface area (Å²) in [6, 6.07) is 5.86. The first kappa shape index (κ1) is 15.5. The molecular weight excluding hydrogens is 273 g/mol. The van der Waals surface area contributed by atoms with Gasteiger partial charge in [0.15, 0.2) is 0 Å². The topological polar surface area (TPSA) is 58.6 Å². The summed E-state index contributed by atoms with van der Waals surface area (Å²) in [6.45, 7) is 1.41. The summed E-state index contributed by atoms with van der Waals surface area (Å²) in [7, 11) is 1.56. The van der Waals surface area contributed by atoms with E-state index in [9.17, 15) is 14.3 Å². The monoisotopic (exact) mass is 293 g/mol. The van der Waals surface area contributed by atoms with Crippen LogP contribution in [0.3, 0.4) is 0 Å². The van der Waals surface area contributed by atoms with E-state index in [0.29, 0.717) is 12.2 Å². The van der Waals surface area contributed by atoms with Crippen LogP contribution in [0.1, 0.15) is 25.3 Å². The SMILES string of the molecule is COC(=C1CC1)C(Cc1cccc(F)c1)NC(=O)C(C)O. The summed E-state index contributed by atoms with van der Waals surface area (Å²) in [5.41, 5.74) is 1.92. The minimum atomic E-state index is -1.10. The van der Waals surface area contributed by atoms with Gasteiger partial charge in [-0.1, -0.05) is 12.1 Å². The minimum Gasteiger partial charge on any atom is -0.499 e. The van der Waals surface area contributed by atoms with Crippen LogP contribution in [-0.2, 0) is 16.0 Å². The van der Waals surface area contributed by atoms with Gasteiger partial charge in [-0.2, -0.15) is 0 Å². The summed E-state index contributed by atoms with van der Waals surface area (Å²) in [5, 5.41) is 12.1. The minimum absolute atomic E-state index is 0.314. The Kier molecular flexibility index (Phi) is 4.96. The third kappa shape index (κ3) is 4.29. The number of carbonyl (C=O) groups excluding carboxylic acids is 1. The molecule has 2 unspecified atom stereocenters. The molecule has 0 radical (unpaired) electrons. The molecule has 1 amide bonds. The second-order valence-corrected chi connectivity index (χ2v) is 5.24. The van der Waals surface area contributed by atoms with Crippen molar-refractivity contribution in [3.8, 4) is 0 Å². The molecule has 0 bridgehead atoms. The van der Waals surface area contributed by atoms with E-state index in [2.05, 4.69) is 5.32 Å². The molecule has 1 aromatic carbocycles. The number of rotatable bonds is 6. The van der Waals surface area contributed by atoms with Crippen molar-refractivity contribution in [3.63, 3.8) is 0 Å². The van der Waals surface area contributed by atoms with Crippen molar-refractivity contribution in [1.29, 1.82) is 0 Å². The van der Waals surface area contributed by atoms with Crippen LogP contribution >= 0.6 is 0 Å². The maximum atomic E-state index is 13.3. The van der Waals surface area contributed by atoms with Crippen molar-refractivity contribution in [2.45, 2.75) is 38.3 Å². The zero-order chi connectivity index (χ0) is 15.4. The number of carbonyl (C=O) groups is 1. The molecule has 0 aliphatic heterocycles. The Morgan fingerprint density at radius 3 is 2.71 bits per heavy atom. The van der Waals surface area contributed by atoms with Crippen LogP contribution in [0.25, 0.3) is 0 Å². The molecule has 1 fully saturated rings. The van der Waals surface area contributed by atoms with Gasteiger partial charge in [-0.15, -0.1) is 0 Å². The van der Waals surface area contributed by atoms with Crippen molar-refractivity contribution in [1.82, 2.24) is 5.32 Å². The number of amides is 1. The molecule has 114 valence electrons. The molecule has 0 saturated heterocycles. The summed E-state index contributed by atoms with van der Waals surface area (Å²) in [4.78, 5) is 11.8. The summed E-state index contributed by atoms with van der Waals surface area (Å²) in [6.07, 6.45) is 1.23. The smallest absolute Gasteiger partial charge is 0.249 e. The largest absolute Gasteiger partial charge is 0.499 e. The third-order valence-electron chi connectivity index (χ3n) is 3.41. The number of aliphatic hydroxyl groups excluding tert-OH is 1. The fourth-order valence-corrected chi connectivity index (χ4v) is 2.24. The van der Waals surface area contributed by atoms with Crippen LogP contribution in [-0.4, -0.2) is 30.3 Å². The van der Waals surface area contributed by atoms with Crippen LogP contribution in [0.2, 0.25) is 0 Å². The first-order chi connectivity index (χ1) is 10.0. The number of ether oxygens (including phenoxy) is 1. The van der Waals surface area contributed by atoms with E-state index in [4.69, 9.17) is 4.74 Å². The lowest BCUT2D eigenvalue weighted by atomic mass is 10.0. The Morgan fingerprint density at radius 1 is 1.48 bits per heavy atom. The predicted octanol–water partition coefficient (Wildman–Crippen LogP) is 1.93. The molecule has 5 heteroatoms. The fourth-order valence-electron chi connectivity index (χ4n) is 2.24. The molecule has 1 aliphatic carbocycles. The maximum Gasteiger partial charge on any atom is 0.249 e. The average Bonchev–Trinajstić information content (AvgIpc) is 3.24. The van der Waals surface area contributed by atoms with E-state index in [1.165, 1.54) is 19.1 Å². The highest BCUT2D eigenvalue weighted by Gasteiger charge is 2.27. The normalized spacial score (nSPS) is 16.1. The average molecular weight is 293 g/mol. The van der Waals surface area contributed by atoms with Crippen LogP contribution in [0.15, 0.2) is 35.6 Å². The standard InChI is InChI=1S/C16H20FNO3/c1-10(19)16(20)18-14(15(21-2)12-6-7-12)9-11-4-3-5-13(17)8-11/h3-5,8,10,14,19H,6-7,9H2,1-2H3,(H,18,20). The van der Waals surface area contributed by atoms with E-state index in [0.717, 1.165) is 24.0 Å². The van der Waals surface area contributed by atoms with Gasteiger partial charge in [-0.05, 0) is 49.5 Å². The number of halogens is 1. The highest BCUT2D eigenvalue weighted by Crippen LogP contribution is 2.34. The Labute approximate surface area is 123 Å². The van der Waals surface area contributed by atoms with Gasteiger partial charge < -0.3 is 15.2 Å². The zero-order valence-corrected chi connectivity index (χ0v) is 12.2. The number of aliphatic hydroxyl groups is 1. The lowest BCUT2D eigenvalue weighted by Crippen LogP contribution is -2.43. The van der Waals surface area contributed by atoms with Gasteiger partial charge in [0.25, 0.3) is 0 Å². The van der Waals surface area contributed by atoms with Crippen molar-refractivity contribution < 1.29 is 19.0 Å². The lowest BCUT2D eigenvalue weighted by molar-refractivity contribution is -0.129. The molecule has 21 heavy (non-hydrogen) atoms. The van der Waals surface area contributed by atoms with Crippen LogP contribution < -0.4 is 5.32 Å². The number of benzene rings is 1. The molecule has 0 aromatic heterocycles. The fraction of sp³-hybridized carbons (Fsp3) is 0.438. The van der Waals surface area contributed by atoms with Gasteiger partial charge in [-0.3, -0.25) is 4.79 Å². The summed E-state index contributed by atoms with van der Waals surface area (Å²) < 4.78 is 18.7. The highest BCUT2D eigenvalue weighted by atomic mass is 19.1. The van der Waals surface area contributed by atoms with Gasteiger partial charge in [0.2, 0.25) is 5.91 Å². The number of allylic oxidation sites excluding steroid dienone is 1. The van der Waals surface area contributed by atoms with E-state index < -0.39 is 18.1 Å². The first-order valence-electron chi connectivity index (χ1n) is 7.00. The lowest BCUT2D eigenvalue weighted by Gasteiger charge is -2.22. The Hall–Kier alpha value is -1.88. The van der Waals surface area contributed by atoms with Gasteiger partial charge in [-0.25, -0.2) is 4.39 Å². The van der Waals surface area contributed by atoms with Crippen molar-refractivity contribution >= 4 is 5.91 Å². The van der Waals surface area contributed by atoms with Crippen molar-refractivity contribution in [2.75, 3.05) is 7.11 Å². The molecule has 2 rings (SSSR count). The molecule has 2 atom stereocenters. The molecule has 2 N–H and O–H groups in total. The second-order valence-electron chi connectivity index (χ2n) is 5.24. The van der Waals surface area contributed by atoms with E-state index in [-0.39, 0.29) is 5.82 Å². The van der Waals surface area contributed by atoms with Gasteiger partial charge in [0, 0.05) is 0 Å². The number of hydrogen-bond acceptors (Lipinski definition) is 3. The second kappa shape index (κ2) is 6.72. The molecule has 0 heterocycles. The van der Waals surface area contributed by atoms with Gasteiger partial charge in [0.05, 0.1) is 13.2 Å². The van der Waals surface area contributed by atoms with E-state index in [1.807, 2.05) is 0 Å². The first-order valence-corrected chi connectivity index (χ1v) is 7.00. The van der Waals surface area contributed by atoms with Crippen molar-refractivity contribution in [3.05, 3.63) is 47.0 Å². The number of methoxy groups -OCH3 is 1. The Balaban J connectivity index is 2.19. The highest BCUT2D eigenvalue weighted by molar-refractivity contribution is 5.80. The zero-order valence-electron chi connectivity index (χ0n) is 12.2. The molecule has 1 aliphatic rings. The van der Waals surface area contributed by atoms with Gasteiger partial charge in [0.1, 0.15) is 17.7 Å². The van der Waals surface area contributed by atoms with Crippen LogP contribution in [0, 0.1) is 5.82 Å². The van der Waals surface area contributed by atoms with E-state index in [1.54, 1.807) is 19.2 Å². The quantitative estimate of drug-likeness (QED) is 0.788.